The minimum absolute atomic E-state index is 0.0252. The van der Waals surface area contributed by atoms with E-state index < -0.39 is 23.9 Å². The van der Waals surface area contributed by atoms with Gasteiger partial charge in [0.15, 0.2) is 6.61 Å². The van der Waals surface area contributed by atoms with Gasteiger partial charge >= 0.3 is 5.97 Å². The zero-order valence-electron chi connectivity index (χ0n) is 19.0. The summed E-state index contributed by atoms with van der Waals surface area (Å²) in [6.45, 7) is 4.28. The van der Waals surface area contributed by atoms with Gasteiger partial charge in [-0.2, -0.15) is 0 Å². The second kappa shape index (κ2) is 9.85. The highest BCUT2D eigenvalue weighted by Crippen LogP contribution is 2.36. The molecular weight excluding hydrogens is 420 g/mol. The molecule has 2 aromatic carbocycles. The van der Waals surface area contributed by atoms with Crippen molar-refractivity contribution < 1.29 is 19.1 Å². The third-order valence-electron chi connectivity index (χ3n) is 6.34. The normalized spacial score (nSPS) is 14.5. The minimum Gasteiger partial charge on any atom is -0.455 e. The first-order valence-corrected chi connectivity index (χ1v) is 10.9. The molecule has 33 heavy (non-hydrogen) atoms. The quantitative estimate of drug-likeness (QED) is 0.338. The number of rotatable bonds is 7. The number of carbonyl (C=O) groups excluding carboxylic acids is 3. The number of hydrogen-bond acceptors (Lipinski definition) is 5. The summed E-state index contributed by atoms with van der Waals surface area (Å²) in [5.41, 5.74) is 13.0. The molecule has 174 valence electrons. The zero-order valence-corrected chi connectivity index (χ0v) is 19.0. The zero-order chi connectivity index (χ0) is 24.2. The number of likely N-dealkylation sites (tertiary alicyclic amines) is 1. The lowest BCUT2D eigenvalue weighted by Gasteiger charge is -2.39. The number of ether oxygens (including phenoxy) is 1. The number of hydrogen-bond donors (Lipinski definition) is 3. The molecule has 2 amide bonds. The first-order chi connectivity index (χ1) is 15.6. The SMILES string of the molecule is CC(C)(C(=O)OCC(N)=O)C1CCN(C(=O)c2ccc(-c3ccc(C(=N)N)cc3)cc2)CC1. The molecule has 0 bridgehead atoms. The lowest BCUT2D eigenvalue weighted by molar-refractivity contribution is -0.160. The summed E-state index contributed by atoms with van der Waals surface area (Å²) in [4.78, 5) is 38.1. The van der Waals surface area contributed by atoms with Crippen LogP contribution < -0.4 is 11.5 Å². The summed E-state index contributed by atoms with van der Waals surface area (Å²) in [6.07, 6.45) is 1.34. The van der Waals surface area contributed by atoms with E-state index in [9.17, 15) is 14.4 Å². The molecule has 1 saturated heterocycles. The number of amidine groups is 1. The Hall–Kier alpha value is -3.68. The van der Waals surface area contributed by atoms with Gasteiger partial charge in [0.1, 0.15) is 5.84 Å². The smallest absolute Gasteiger partial charge is 0.312 e. The lowest BCUT2D eigenvalue weighted by Crippen LogP contribution is -2.45. The largest absolute Gasteiger partial charge is 0.455 e. The predicted octanol–water partition coefficient (Wildman–Crippen LogP) is 2.54. The van der Waals surface area contributed by atoms with Crippen molar-refractivity contribution in [1.82, 2.24) is 4.90 Å². The van der Waals surface area contributed by atoms with Gasteiger partial charge in [-0.15, -0.1) is 0 Å². The van der Waals surface area contributed by atoms with E-state index in [1.54, 1.807) is 30.9 Å². The van der Waals surface area contributed by atoms with Gasteiger partial charge in [-0.1, -0.05) is 36.4 Å². The monoisotopic (exact) mass is 450 g/mol. The highest BCUT2D eigenvalue weighted by Gasteiger charge is 2.40. The number of nitrogens with zero attached hydrogens (tertiary/aromatic N) is 1. The Labute approximate surface area is 193 Å². The van der Waals surface area contributed by atoms with Crippen molar-refractivity contribution in [1.29, 1.82) is 5.41 Å². The molecule has 0 spiro atoms. The van der Waals surface area contributed by atoms with Gasteiger partial charge in [0.25, 0.3) is 11.8 Å². The first kappa shape index (κ1) is 24.0. The number of nitrogens with two attached hydrogens (primary N) is 2. The van der Waals surface area contributed by atoms with Crippen molar-refractivity contribution in [3.8, 4) is 11.1 Å². The molecular formula is C25H30N4O4. The molecule has 0 atom stereocenters. The van der Waals surface area contributed by atoms with Crippen LogP contribution in [0.1, 0.15) is 42.6 Å². The third kappa shape index (κ3) is 5.58. The maximum Gasteiger partial charge on any atom is 0.312 e. The highest BCUT2D eigenvalue weighted by molar-refractivity contribution is 5.96. The summed E-state index contributed by atoms with van der Waals surface area (Å²) in [5, 5.41) is 7.48. The molecule has 0 radical (unpaired) electrons. The van der Waals surface area contributed by atoms with Crippen molar-refractivity contribution >= 4 is 23.6 Å². The van der Waals surface area contributed by atoms with Crippen LogP contribution in [0.3, 0.4) is 0 Å². The van der Waals surface area contributed by atoms with Crippen LogP contribution in [0.5, 0.6) is 0 Å². The molecule has 1 heterocycles. The predicted molar refractivity (Wildman–Crippen MR) is 125 cm³/mol. The van der Waals surface area contributed by atoms with Crippen LogP contribution in [0.15, 0.2) is 48.5 Å². The van der Waals surface area contributed by atoms with Crippen LogP contribution in [0.25, 0.3) is 11.1 Å². The third-order valence-corrected chi connectivity index (χ3v) is 6.34. The standard InChI is InChI=1S/C25H30N4O4/c1-25(2,24(32)33-15-21(26)30)20-11-13-29(14-12-20)23(31)19-9-5-17(6-10-19)16-3-7-18(8-4-16)22(27)28/h3-10,20H,11-15H2,1-2H3,(H2,26,30)(H3,27,28). The Morgan fingerprint density at radius 3 is 1.88 bits per heavy atom. The summed E-state index contributed by atoms with van der Waals surface area (Å²) >= 11 is 0. The molecule has 0 aromatic heterocycles. The molecule has 8 nitrogen and oxygen atoms in total. The van der Waals surface area contributed by atoms with Gasteiger partial charge in [-0.25, -0.2) is 0 Å². The van der Waals surface area contributed by atoms with Gasteiger partial charge < -0.3 is 21.1 Å². The topological polar surface area (TPSA) is 140 Å². The molecule has 1 aliphatic heterocycles. The average Bonchev–Trinajstić information content (AvgIpc) is 2.82. The fourth-order valence-corrected chi connectivity index (χ4v) is 4.12. The fourth-order valence-electron chi connectivity index (χ4n) is 4.12. The lowest BCUT2D eigenvalue weighted by atomic mass is 9.73. The van der Waals surface area contributed by atoms with E-state index in [1.165, 1.54) is 0 Å². The Balaban J connectivity index is 1.59. The molecule has 0 aliphatic carbocycles. The molecule has 1 fully saturated rings. The fraction of sp³-hybridized carbons (Fsp3) is 0.360. The van der Waals surface area contributed by atoms with Crippen molar-refractivity contribution in [2.45, 2.75) is 26.7 Å². The number of primary amides is 1. The van der Waals surface area contributed by atoms with Gasteiger partial charge in [-0.3, -0.25) is 19.8 Å². The number of esters is 1. The number of nitrogens with one attached hydrogen (secondary N) is 1. The minimum atomic E-state index is -0.760. The number of carbonyl (C=O) groups is 3. The van der Waals surface area contributed by atoms with Crippen molar-refractivity contribution in [3.05, 3.63) is 59.7 Å². The average molecular weight is 451 g/mol. The van der Waals surface area contributed by atoms with E-state index in [2.05, 4.69) is 0 Å². The Morgan fingerprint density at radius 2 is 1.42 bits per heavy atom. The molecule has 5 N–H and O–H groups in total. The highest BCUT2D eigenvalue weighted by atomic mass is 16.5. The summed E-state index contributed by atoms with van der Waals surface area (Å²) in [7, 11) is 0. The maximum atomic E-state index is 13.0. The summed E-state index contributed by atoms with van der Waals surface area (Å²) in [5.74, 6) is -1.10. The molecule has 0 saturated carbocycles. The molecule has 8 heteroatoms. The summed E-state index contributed by atoms with van der Waals surface area (Å²) < 4.78 is 5.02. The van der Waals surface area contributed by atoms with E-state index in [0.717, 1.165) is 11.1 Å². The van der Waals surface area contributed by atoms with Crippen LogP contribution in [-0.2, 0) is 14.3 Å². The van der Waals surface area contributed by atoms with Gasteiger partial charge in [0, 0.05) is 24.2 Å². The van der Waals surface area contributed by atoms with Crippen LogP contribution in [0, 0.1) is 16.7 Å². The maximum absolute atomic E-state index is 13.0. The number of benzene rings is 2. The Morgan fingerprint density at radius 1 is 0.939 bits per heavy atom. The van der Waals surface area contributed by atoms with E-state index in [1.807, 2.05) is 36.4 Å². The second-order valence-corrected chi connectivity index (χ2v) is 8.90. The van der Waals surface area contributed by atoms with Gasteiger partial charge in [0.2, 0.25) is 0 Å². The van der Waals surface area contributed by atoms with Gasteiger partial charge in [-0.05, 0) is 55.9 Å². The van der Waals surface area contributed by atoms with E-state index in [4.69, 9.17) is 21.6 Å². The molecule has 1 aliphatic rings. The number of amides is 2. The van der Waals surface area contributed by atoms with E-state index in [0.29, 0.717) is 37.1 Å². The Kier molecular flexibility index (Phi) is 7.16. The van der Waals surface area contributed by atoms with Crippen LogP contribution in [0.4, 0.5) is 0 Å². The number of nitrogen functional groups attached to an aromatic ring is 1. The first-order valence-electron chi connectivity index (χ1n) is 10.9. The molecule has 0 unspecified atom stereocenters. The second-order valence-electron chi connectivity index (χ2n) is 8.90. The summed E-state index contributed by atoms with van der Waals surface area (Å²) in [6, 6.07) is 14.8. The van der Waals surface area contributed by atoms with Crippen molar-refractivity contribution in [2.75, 3.05) is 19.7 Å². The van der Waals surface area contributed by atoms with E-state index in [-0.39, 0.29) is 17.7 Å². The Bertz CT molecular complexity index is 1040. The van der Waals surface area contributed by atoms with Crippen LogP contribution in [0.2, 0.25) is 0 Å². The van der Waals surface area contributed by atoms with E-state index >= 15 is 0 Å². The van der Waals surface area contributed by atoms with Crippen LogP contribution >= 0.6 is 0 Å². The molecule has 2 aromatic rings. The van der Waals surface area contributed by atoms with Crippen LogP contribution in [-0.4, -0.2) is 48.2 Å². The van der Waals surface area contributed by atoms with Gasteiger partial charge in [0.05, 0.1) is 5.41 Å². The molecule has 3 rings (SSSR count). The van der Waals surface area contributed by atoms with Crippen molar-refractivity contribution in [3.63, 3.8) is 0 Å². The number of piperidine rings is 1. The van der Waals surface area contributed by atoms with Crippen molar-refractivity contribution in [2.24, 2.45) is 22.8 Å².